The van der Waals surface area contributed by atoms with E-state index in [1.54, 1.807) is 10.6 Å². The number of hydrogen-bond acceptors (Lipinski definition) is 4. The van der Waals surface area contributed by atoms with Gasteiger partial charge >= 0.3 is 5.69 Å². The highest BCUT2D eigenvalue weighted by atomic mass is 16.2. The lowest BCUT2D eigenvalue weighted by atomic mass is 10.1. The predicted octanol–water partition coefficient (Wildman–Crippen LogP) is 0.549. The van der Waals surface area contributed by atoms with Gasteiger partial charge in [0.1, 0.15) is 6.54 Å². The molecule has 3 heterocycles. The molecular weight excluding hydrogens is 360 g/mol. The third kappa shape index (κ3) is 2.32. The summed E-state index contributed by atoms with van der Waals surface area (Å²) in [4.78, 5) is 41.4. The van der Waals surface area contributed by atoms with E-state index in [1.807, 2.05) is 43.5 Å². The molecule has 2 N–H and O–H groups in total. The van der Waals surface area contributed by atoms with Crippen molar-refractivity contribution in [1.29, 1.82) is 0 Å². The number of fused-ring (bicyclic) bond motifs is 3. The van der Waals surface area contributed by atoms with Gasteiger partial charge in [0.05, 0.1) is 5.69 Å². The summed E-state index contributed by atoms with van der Waals surface area (Å²) in [5.74, 6) is -0.242. The second kappa shape index (κ2) is 5.95. The van der Waals surface area contributed by atoms with Gasteiger partial charge in [-0.1, -0.05) is 12.1 Å². The Morgan fingerprint density at radius 2 is 1.89 bits per heavy atom. The number of hydrogen-bond donors (Lipinski definition) is 1. The van der Waals surface area contributed by atoms with Gasteiger partial charge in [-0.15, -0.1) is 0 Å². The van der Waals surface area contributed by atoms with Gasteiger partial charge in [0, 0.05) is 18.9 Å². The van der Waals surface area contributed by atoms with E-state index >= 15 is 0 Å². The Labute approximate surface area is 159 Å². The number of carbonyl (C=O) groups is 1. The van der Waals surface area contributed by atoms with Crippen molar-refractivity contribution in [3.05, 3.63) is 62.1 Å². The number of nitrogens with two attached hydrogens (primary N) is 1. The first-order valence-corrected chi connectivity index (χ1v) is 8.77. The SMILES string of the molecule is Cc1cccc(-n2c(C)cn3c4c(=O)n(CC(N)=O)c(=O)n(C)c4nc23)c1C. The zero-order valence-electron chi connectivity index (χ0n) is 16.1. The highest BCUT2D eigenvalue weighted by molar-refractivity contribution is 5.78. The van der Waals surface area contributed by atoms with Gasteiger partial charge in [0.25, 0.3) is 5.56 Å². The fourth-order valence-corrected chi connectivity index (χ4v) is 3.58. The van der Waals surface area contributed by atoms with Gasteiger partial charge in [0.15, 0.2) is 11.2 Å². The van der Waals surface area contributed by atoms with Crippen molar-refractivity contribution in [2.75, 3.05) is 0 Å². The summed E-state index contributed by atoms with van der Waals surface area (Å²) in [5.41, 5.74) is 8.52. The third-order valence-electron chi connectivity index (χ3n) is 5.16. The van der Waals surface area contributed by atoms with E-state index in [9.17, 15) is 14.4 Å². The highest BCUT2D eigenvalue weighted by Gasteiger charge is 2.21. The van der Waals surface area contributed by atoms with Crippen molar-refractivity contribution in [3.8, 4) is 5.69 Å². The summed E-state index contributed by atoms with van der Waals surface area (Å²) in [6.07, 6.45) is 1.80. The molecule has 0 radical (unpaired) electrons. The van der Waals surface area contributed by atoms with Crippen molar-refractivity contribution in [2.24, 2.45) is 12.8 Å². The molecule has 3 aromatic heterocycles. The molecule has 0 aliphatic heterocycles. The molecule has 0 saturated heterocycles. The molecule has 9 heteroatoms. The first kappa shape index (κ1) is 17.8. The van der Waals surface area contributed by atoms with Crippen LogP contribution in [0.15, 0.2) is 34.0 Å². The van der Waals surface area contributed by atoms with Gasteiger partial charge in [-0.05, 0) is 38.0 Å². The number of rotatable bonds is 3. The van der Waals surface area contributed by atoms with E-state index in [1.165, 1.54) is 11.6 Å². The fraction of sp³-hybridized carbons (Fsp3) is 0.263. The Hall–Kier alpha value is -3.62. The molecule has 0 aliphatic carbocycles. The van der Waals surface area contributed by atoms with E-state index in [4.69, 9.17) is 5.73 Å². The van der Waals surface area contributed by atoms with Crippen molar-refractivity contribution < 1.29 is 4.79 Å². The molecule has 9 nitrogen and oxygen atoms in total. The standard InChI is InChI=1S/C19H20N6O3/c1-10-6-5-7-13(12(10)3)25-11(2)8-23-15-16(21-18(23)25)22(4)19(28)24(17(15)27)9-14(20)26/h5-8H,9H2,1-4H3,(H2,20,26). The van der Waals surface area contributed by atoms with E-state index in [-0.39, 0.29) is 11.2 Å². The number of benzene rings is 1. The first-order chi connectivity index (χ1) is 13.2. The summed E-state index contributed by atoms with van der Waals surface area (Å²) < 4.78 is 5.70. The van der Waals surface area contributed by atoms with Crippen LogP contribution in [0.3, 0.4) is 0 Å². The maximum absolute atomic E-state index is 13.0. The smallest absolute Gasteiger partial charge is 0.332 e. The monoisotopic (exact) mass is 380 g/mol. The summed E-state index contributed by atoms with van der Waals surface area (Å²) in [6.45, 7) is 5.50. The second-order valence-corrected chi connectivity index (χ2v) is 6.98. The summed E-state index contributed by atoms with van der Waals surface area (Å²) in [7, 11) is 1.52. The Bertz CT molecular complexity index is 1400. The molecule has 1 amide bonds. The zero-order valence-corrected chi connectivity index (χ0v) is 16.1. The van der Waals surface area contributed by atoms with E-state index in [0.717, 1.165) is 27.1 Å². The zero-order chi connectivity index (χ0) is 20.3. The Morgan fingerprint density at radius 3 is 2.57 bits per heavy atom. The topological polar surface area (TPSA) is 109 Å². The molecular formula is C19H20N6O3. The average Bonchev–Trinajstić information content (AvgIpc) is 3.14. The largest absolute Gasteiger partial charge is 0.368 e. The van der Waals surface area contributed by atoms with Crippen LogP contribution >= 0.6 is 0 Å². The van der Waals surface area contributed by atoms with Crippen LogP contribution < -0.4 is 17.0 Å². The maximum Gasteiger partial charge on any atom is 0.332 e. The molecule has 0 fully saturated rings. The number of carbonyl (C=O) groups excluding carboxylic acids is 1. The normalized spacial score (nSPS) is 11.6. The molecule has 0 bridgehead atoms. The Morgan fingerprint density at radius 1 is 1.18 bits per heavy atom. The summed E-state index contributed by atoms with van der Waals surface area (Å²) in [6, 6.07) is 5.98. The third-order valence-corrected chi connectivity index (χ3v) is 5.16. The van der Waals surface area contributed by atoms with Gasteiger partial charge in [0.2, 0.25) is 11.7 Å². The van der Waals surface area contributed by atoms with Crippen molar-refractivity contribution in [3.63, 3.8) is 0 Å². The van der Waals surface area contributed by atoms with Crippen LogP contribution in [0, 0.1) is 20.8 Å². The van der Waals surface area contributed by atoms with Crippen LogP contribution in [0.25, 0.3) is 22.6 Å². The number of nitrogens with zero attached hydrogens (tertiary/aromatic N) is 5. The van der Waals surface area contributed by atoms with Crippen LogP contribution in [0.5, 0.6) is 0 Å². The van der Waals surface area contributed by atoms with Gasteiger partial charge in [-0.25, -0.2) is 9.36 Å². The lowest BCUT2D eigenvalue weighted by molar-refractivity contribution is -0.118. The lowest BCUT2D eigenvalue weighted by Gasteiger charge is -2.11. The van der Waals surface area contributed by atoms with E-state index in [0.29, 0.717) is 5.78 Å². The van der Waals surface area contributed by atoms with Crippen LogP contribution in [-0.4, -0.2) is 29.0 Å². The summed E-state index contributed by atoms with van der Waals surface area (Å²) in [5, 5.41) is 0. The first-order valence-electron chi connectivity index (χ1n) is 8.77. The van der Waals surface area contributed by atoms with Gasteiger partial charge < -0.3 is 5.73 Å². The Balaban J connectivity index is 2.16. The van der Waals surface area contributed by atoms with Crippen molar-refractivity contribution in [2.45, 2.75) is 27.3 Å². The van der Waals surface area contributed by atoms with Crippen LogP contribution in [0.4, 0.5) is 0 Å². The van der Waals surface area contributed by atoms with E-state index in [2.05, 4.69) is 4.98 Å². The van der Waals surface area contributed by atoms with Gasteiger partial charge in [-0.2, -0.15) is 4.98 Å². The number of primary amides is 1. The molecule has 1 aromatic carbocycles. The van der Waals surface area contributed by atoms with Crippen LogP contribution in [0.2, 0.25) is 0 Å². The Kier molecular flexibility index (Phi) is 3.77. The molecule has 28 heavy (non-hydrogen) atoms. The molecule has 4 aromatic rings. The van der Waals surface area contributed by atoms with Crippen LogP contribution in [-0.2, 0) is 18.4 Å². The molecule has 144 valence electrons. The van der Waals surface area contributed by atoms with Gasteiger partial charge in [-0.3, -0.25) is 23.1 Å². The number of aryl methyl sites for hydroxylation is 3. The molecule has 4 rings (SSSR count). The fourth-order valence-electron chi connectivity index (χ4n) is 3.58. The number of imidazole rings is 2. The van der Waals surface area contributed by atoms with Crippen LogP contribution in [0.1, 0.15) is 16.8 Å². The quantitative estimate of drug-likeness (QED) is 0.560. The average molecular weight is 380 g/mol. The lowest BCUT2D eigenvalue weighted by Crippen LogP contribution is -2.42. The summed E-state index contributed by atoms with van der Waals surface area (Å²) >= 11 is 0. The number of amides is 1. The van der Waals surface area contributed by atoms with E-state index < -0.39 is 23.7 Å². The molecule has 0 aliphatic rings. The maximum atomic E-state index is 13.0. The molecule has 0 saturated carbocycles. The minimum Gasteiger partial charge on any atom is -0.368 e. The minimum atomic E-state index is -0.761. The predicted molar refractivity (Wildman–Crippen MR) is 105 cm³/mol. The number of aromatic nitrogens is 5. The second-order valence-electron chi connectivity index (χ2n) is 6.98. The molecule has 0 spiro atoms. The molecule has 0 unspecified atom stereocenters. The van der Waals surface area contributed by atoms with Crippen molar-refractivity contribution >= 4 is 22.8 Å². The highest BCUT2D eigenvalue weighted by Crippen LogP contribution is 2.24. The molecule has 0 atom stereocenters. The van der Waals surface area contributed by atoms with Crippen molar-refractivity contribution in [1.82, 2.24) is 23.1 Å². The minimum absolute atomic E-state index is 0.227.